The Labute approximate surface area is 395 Å². The molecule has 0 aromatic carbocycles. The molecule has 2 rings (SSSR count). The van der Waals surface area contributed by atoms with Crippen molar-refractivity contribution in [3.63, 3.8) is 0 Å². The zero-order chi connectivity index (χ0) is 51.6. The normalized spacial score (nSPS) is 27.2. The van der Waals surface area contributed by atoms with Crippen molar-refractivity contribution in [3.05, 3.63) is 0 Å². The molecule has 0 bridgehead atoms. The van der Waals surface area contributed by atoms with Crippen molar-refractivity contribution in [2.75, 3.05) is 46.1 Å². The number of carbonyl (C=O) groups excluding carboxylic acids is 6. The third-order valence-electron chi connectivity index (χ3n) is 10.0. The molecule has 68 heavy (non-hydrogen) atoms. The Bertz CT molecular complexity index is 1680. The van der Waals surface area contributed by atoms with Crippen molar-refractivity contribution in [3.8, 4) is 0 Å². The Morgan fingerprint density at radius 1 is 0.706 bits per heavy atom. The van der Waals surface area contributed by atoms with Crippen molar-refractivity contribution >= 4 is 43.3 Å². The topological polar surface area (TPSA) is 386 Å². The second kappa shape index (κ2) is 28.4. The summed E-state index contributed by atoms with van der Waals surface area (Å²) in [6.45, 7) is 9.46. The van der Waals surface area contributed by atoms with E-state index in [1.54, 1.807) is 20.8 Å². The van der Waals surface area contributed by atoms with Crippen LogP contribution in [0.1, 0.15) is 93.9 Å². The van der Waals surface area contributed by atoms with E-state index in [2.05, 4.69) is 26.6 Å². The van der Waals surface area contributed by atoms with E-state index in [1.165, 1.54) is 0 Å². The minimum Gasteiger partial charge on any atom is -0.447 e. The van der Waals surface area contributed by atoms with Crippen LogP contribution < -0.4 is 26.6 Å². The van der Waals surface area contributed by atoms with Gasteiger partial charge in [0, 0.05) is 33.4 Å². The fourth-order valence-electron chi connectivity index (χ4n) is 7.06. The van der Waals surface area contributed by atoms with Crippen LogP contribution in [0.4, 0.5) is 4.79 Å². The van der Waals surface area contributed by atoms with Crippen molar-refractivity contribution in [2.24, 2.45) is 5.41 Å². The number of nitrogens with one attached hydrogen (secondary N) is 5. The third kappa shape index (κ3) is 22.5. The molecule has 5 amide bonds. The van der Waals surface area contributed by atoms with Crippen LogP contribution in [0.5, 0.6) is 0 Å². The summed E-state index contributed by atoms with van der Waals surface area (Å²) in [5.41, 5.74) is -1.39. The molecular weight excluding hydrogens is 929 g/mol. The maximum absolute atomic E-state index is 13.5. The SMILES string of the molecule is CC(=O)N[C@H]1[C@H](OCC(=O)NCCCC[C@H](NC(=O)CO[C@@H]2O[C@H](CO)[C@H](O)[C@H](O)[C@H]2NC(C)=O)C(=O)CCCNC(=O)OC[C@@H](CC(C)(C)C)OP(=O)(O)OC(C)(C)C)O[C@H](CO)[C@H](O)[C@@H]1O. The number of aliphatic hydroxyl groups excluding tert-OH is 6. The summed E-state index contributed by atoms with van der Waals surface area (Å²) in [6, 6.07) is -3.72. The zero-order valence-corrected chi connectivity index (χ0v) is 40.8. The Balaban J connectivity index is 2.03. The summed E-state index contributed by atoms with van der Waals surface area (Å²) < 4.78 is 50.3. The number of phosphoric acid groups is 1. The molecule has 2 heterocycles. The molecule has 0 aliphatic carbocycles. The van der Waals surface area contributed by atoms with Gasteiger partial charge in [0.15, 0.2) is 18.4 Å². The van der Waals surface area contributed by atoms with E-state index < -0.39 is 161 Å². The Morgan fingerprint density at radius 2 is 1.21 bits per heavy atom. The fraction of sp³-hybridized carbons (Fsp3) is 0.854. The van der Waals surface area contributed by atoms with Crippen LogP contribution in [0.2, 0.25) is 0 Å². The quantitative estimate of drug-likeness (QED) is 0.0299. The highest BCUT2D eigenvalue weighted by atomic mass is 31.2. The van der Waals surface area contributed by atoms with Gasteiger partial charge in [-0.25, -0.2) is 9.36 Å². The number of unbranched alkanes of at least 4 members (excludes halogenated alkanes) is 1. The van der Waals surface area contributed by atoms with Crippen LogP contribution >= 0.6 is 7.82 Å². The second-order valence-corrected chi connectivity index (χ2v) is 20.0. The lowest BCUT2D eigenvalue weighted by atomic mass is 9.89. The van der Waals surface area contributed by atoms with Crippen LogP contribution in [0.3, 0.4) is 0 Å². The molecule has 1 unspecified atom stereocenters. The summed E-state index contributed by atoms with van der Waals surface area (Å²) in [6.07, 6.45) is -13.0. The number of ether oxygens (including phenoxy) is 5. The number of rotatable bonds is 27. The van der Waals surface area contributed by atoms with Crippen LogP contribution in [0.15, 0.2) is 0 Å². The minimum atomic E-state index is -4.53. The lowest BCUT2D eigenvalue weighted by molar-refractivity contribution is -0.268. The highest BCUT2D eigenvalue weighted by molar-refractivity contribution is 7.47. The molecule has 12 N–H and O–H groups in total. The van der Waals surface area contributed by atoms with Gasteiger partial charge in [0.1, 0.15) is 74.6 Å². The molecule has 0 aromatic rings. The number of hydrogen-bond donors (Lipinski definition) is 12. The van der Waals surface area contributed by atoms with E-state index in [4.69, 9.17) is 32.7 Å². The predicted molar refractivity (Wildman–Crippen MR) is 235 cm³/mol. The first-order valence-corrected chi connectivity index (χ1v) is 23.8. The van der Waals surface area contributed by atoms with Gasteiger partial charge in [0.05, 0.1) is 24.9 Å². The first-order chi connectivity index (χ1) is 31.6. The molecule has 0 saturated carbocycles. The highest BCUT2D eigenvalue weighted by Gasteiger charge is 2.47. The summed E-state index contributed by atoms with van der Waals surface area (Å²) in [5.74, 6) is -3.11. The number of aliphatic hydroxyl groups is 6. The number of hydrogen-bond acceptors (Lipinski definition) is 20. The molecule has 2 aliphatic rings. The number of amides is 5. The molecule has 2 saturated heterocycles. The molecule has 0 radical (unpaired) electrons. The summed E-state index contributed by atoms with van der Waals surface area (Å²) in [5, 5.41) is 73.0. The maximum atomic E-state index is 13.5. The zero-order valence-electron chi connectivity index (χ0n) is 39.9. The first-order valence-electron chi connectivity index (χ1n) is 22.3. The molecule has 0 aromatic heterocycles. The van der Waals surface area contributed by atoms with Crippen LogP contribution in [-0.2, 0) is 61.3 Å². The molecule has 0 spiro atoms. The van der Waals surface area contributed by atoms with E-state index in [1.807, 2.05) is 20.8 Å². The van der Waals surface area contributed by atoms with E-state index >= 15 is 0 Å². The van der Waals surface area contributed by atoms with E-state index in [0.29, 0.717) is 0 Å². The second-order valence-electron chi connectivity index (χ2n) is 18.7. The maximum Gasteiger partial charge on any atom is 0.473 e. The van der Waals surface area contributed by atoms with Gasteiger partial charge >= 0.3 is 13.9 Å². The first kappa shape index (κ1) is 60.7. The average Bonchev–Trinajstić information content (AvgIpc) is 3.21. The van der Waals surface area contributed by atoms with Crippen LogP contribution in [0.25, 0.3) is 0 Å². The number of Topliss-reactive ketones (excluding diaryl/α,β-unsaturated/α-hetero) is 1. The molecular formula is C41H74N5O21P. The summed E-state index contributed by atoms with van der Waals surface area (Å²) in [4.78, 5) is 85.7. The highest BCUT2D eigenvalue weighted by Crippen LogP contribution is 2.49. The summed E-state index contributed by atoms with van der Waals surface area (Å²) >= 11 is 0. The van der Waals surface area contributed by atoms with Gasteiger partial charge < -0.3 is 85.8 Å². The van der Waals surface area contributed by atoms with Gasteiger partial charge in [-0.3, -0.25) is 33.0 Å². The van der Waals surface area contributed by atoms with E-state index in [-0.39, 0.29) is 51.6 Å². The van der Waals surface area contributed by atoms with E-state index in [9.17, 15) is 68.9 Å². The smallest absolute Gasteiger partial charge is 0.447 e. The van der Waals surface area contributed by atoms with Crippen molar-refractivity contribution < 1.29 is 102 Å². The molecule has 394 valence electrons. The van der Waals surface area contributed by atoms with E-state index in [0.717, 1.165) is 13.8 Å². The molecule has 2 fully saturated rings. The molecule has 26 nitrogen and oxygen atoms in total. The lowest BCUT2D eigenvalue weighted by Gasteiger charge is -2.42. The van der Waals surface area contributed by atoms with Gasteiger partial charge in [-0.15, -0.1) is 0 Å². The Kier molecular flexibility index (Phi) is 25.3. The number of ketones is 1. The Hall–Kier alpha value is -3.47. The summed E-state index contributed by atoms with van der Waals surface area (Å²) in [7, 11) is -4.53. The lowest BCUT2D eigenvalue weighted by Crippen LogP contribution is -2.64. The van der Waals surface area contributed by atoms with Gasteiger partial charge in [-0.1, -0.05) is 20.8 Å². The fourth-order valence-corrected chi connectivity index (χ4v) is 8.30. The predicted octanol–water partition coefficient (Wildman–Crippen LogP) is -2.51. The number of carbonyl (C=O) groups is 6. The number of alkyl carbamates (subject to hydrolysis) is 1. The largest absolute Gasteiger partial charge is 0.473 e. The number of phosphoric ester groups is 1. The van der Waals surface area contributed by atoms with Crippen LogP contribution in [-0.4, -0.2) is 196 Å². The van der Waals surface area contributed by atoms with Crippen LogP contribution in [0, 0.1) is 5.41 Å². The standard InChI is InChI=1S/C41H74N5O21P/c1-22(49)44-31-35(56)33(54)27(17-47)64-37(31)61-20-29(52)42-14-10-9-12-25(46-30(53)21-62-38-32(45-23(2)50)36(57)34(55)28(18-48)65-38)26(51)13-11-15-43-39(58)63-19-24(16-40(3,4)5)66-68(59,60)67-41(6,7)8/h24-25,27-28,31-38,47-48,54-57H,9-21H2,1-8H3,(H,42,52)(H,43,58)(H,44,49)(H,45,50)(H,46,53)(H,59,60)/t24-,25+,27-,28-,31-,32-,33+,34+,35-,36-,37-,38-/m1/s1. The van der Waals surface area contributed by atoms with Crippen molar-refractivity contribution in [1.29, 1.82) is 0 Å². The van der Waals surface area contributed by atoms with Gasteiger partial charge in [-0.05, 0) is 58.3 Å². The minimum absolute atomic E-state index is 0.0538. The van der Waals surface area contributed by atoms with Gasteiger partial charge in [0.25, 0.3) is 0 Å². The molecule has 13 atom stereocenters. The van der Waals surface area contributed by atoms with Gasteiger partial charge in [-0.2, -0.15) is 0 Å². The molecule has 27 heteroatoms. The monoisotopic (exact) mass is 1000 g/mol. The third-order valence-corrected chi connectivity index (χ3v) is 11.3. The van der Waals surface area contributed by atoms with Gasteiger partial charge in [0.2, 0.25) is 23.6 Å². The molecule has 2 aliphatic heterocycles. The average molecular weight is 1000 g/mol. The van der Waals surface area contributed by atoms with Crippen molar-refractivity contribution in [2.45, 2.75) is 173 Å². The van der Waals surface area contributed by atoms with Crippen molar-refractivity contribution in [1.82, 2.24) is 26.6 Å². The Morgan fingerprint density at radius 3 is 1.68 bits per heavy atom.